The number of rotatable bonds is 3. The SMILES string of the molecule is Cl.Cl.NCC1CCCCN1C(=O)C1CCCN(C(=O)c2ccncc2)C1. The Labute approximate surface area is 167 Å². The molecular formula is C18H28Cl2N4O2. The van der Waals surface area contributed by atoms with E-state index in [0.29, 0.717) is 25.2 Å². The molecule has 0 spiro atoms. The molecule has 2 aliphatic rings. The number of likely N-dealkylation sites (tertiary alicyclic amines) is 2. The van der Waals surface area contributed by atoms with Gasteiger partial charge in [-0.15, -0.1) is 24.8 Å². The third kappa shape index (κ3) is 5.09. The number of halogens is 2. The van der Waals surface area contributed by atoms with E-state index < -0.39 is 0 Å². The molecule has 0 radical (unpaired) electrons. The fraction of sp³-hybridized carbons (Fsp3) is 0.611. The van der Waals surface area contributed by atoms with Gasteiger partial charge in [0, 0.05) is 50.2 Å². The van der Waals surface area contributed by atoms with Crippen LogP contribution < -0.4 is 5.73 Å². The highest BCUT2D eigenvalue weighted by atomic mass is 35.5. The number of pyridine rings is 1. The fourth-order valence-electron chi connectivity index (χ4n) is 3.81. The minimum Gasteiger partial charge on any atom is -0.338 e. The van der Waals surface area contributed by atoms with Gasteiger partial charge < -0.3 is 15.5 Å². The number of aromatic nitrogens is 1. The molecule has 146 valence electrons. The summed E-state index contributed by atoms with van der Waals surface area (Å²) < 4.78 is 0. The van der Waals surface area contributed by atoms with Crippen molar-refractivity contribution in [3.05, 3.63) is 30.1 Å². The summed E-state index contributed by atoms with van der Waals surface area (Å²) in [4.78, 5) is 33.3. The summed E-state index contributed by atoms with van der Waals surface area (Å²) >= 11 is 0. The van der Waals surface area contributed by atoms with E-state index in [0.717, 1.165) is 38.6 Å². The highest BCUT2D eigenvalue weighted by molar-refractivity contribution is 5.94. The molecule has 6 nitrogen and oxygen atoms in total. The summed E-state index contributed by atoms with van der Waals surface area (Å²) in [5.74, 6) is 0.0676. The van der Waals surface area contributed by atoms with Gasteiger partial charge in [0.05, 0.1) is 5.92 Å². The van der Waals surface area contributed by atoms with Crippen molar-refractivity contribution in [3.63, 3.8) is 0 Å². The molecule has 0 bridgehead atoms. The Bertz CT molecular complexity index is 588. The van der Waals surface area contributed by atoms with Crippen LogP contribution in [0.15, 0.2) is 24.5 Å². The third-order valence-corrected chi connectivity index (χ3v) is 5.17. The average molecular weight is 403 g/mol. The standard InChI is InChI=1S/C18H26N4O2.2ClH/c19-12-16-5-1-2-11-22(16)18(24)15-4-3-10-21(13-15)17(23)14-6-8-20-9-7-14;;/h6-9,15-16H,1-5,10-13,19H2;2*1H. The minimum absolute atomic E-state index is 0. The van der Waals surface area contributed by atoms with Crippen LogP contribution in [0.4, 0.5) is 0 Å². The van der Waals surface area contributed by atoms with Crippen LogP contribution in [-0.2, 0) is 4.79 Å². The molecule has 2 fully saturated rings. The highest BCUT2D eigenvalue weighted by Gasteiger charge is 2.34. The fourth-order valence-corrected chi connectivity index (χ4v) is 3.81. The first-order valence-electron chi connectivity index (χ1n) is 8.90. The Balaban J connectivity index is 0.00000169. The van der Waals surface area contributed by atoms with Crippen LogP contribution in [0.5, 0.6) is 0 Å². The molecule has 0 aliphatic carbocycles. The molecule has 2 N–H and O–H groups in total. The summed E-state index contributed by atoms with van der Waals surface area (Å²) in [5.41, 5.74) is 6.48. The molecule has 8 heteroatoms. The summed E-state index contributed by atoms with van der Waals surface area (Å²) in [6.45, 7) is 2.55. The monoisotopic (exact) mass is 402 g/mol. The van der Waals surface area contributed by atoms with Crippen molar-refractivity contribution in [1.29, 1.82) is 0 Å². The van der Waals surface area contributed by atoms with Gasteiger partial charge in [-0.3, -0.25) is 14.6 Å². The number of hydrogen-bond acceptors (Lipinski definition) is 4. The largest absolute Gasteiger partial charge is 0.338 e. The van der Waals surface area contributed by atoms with Gasteiger partial charge in [-0.25, -0.2) is 0 Å². The Morgan fingerprint density at radius 2 is 1.81 bits per heavy atom. The van der Waals surface area contributed by atoms with Gasteiger partial charge in [0.15, 0.2) is 0 Å². The van der Waals surface area contributed by atoms with Crippen LogP contribution >= 0.6 is 24.8 Å². The lowest BCUT2D eigenvalue weighted by Gasteiger charge is -2.40. The first-order valence-corrected chi connectivity index (χ1v) is 8.90. The summed E-state index contributed by atoms with van der Waals surface area (Å²) in [6, 6.07) is 3.61. The zero-order valence-corrected chi connectivity index (χ0v) is 16.5. The Morgan fingerprint density at radius 3 is 2.50 bits per heavy atom. The quantitative estimate of drug-likeness (QED) is 0.839. The molecule has 2 unspecified atom stereocenters. The highest BCUT2D eigenvalue weighted by Crippen LogP contribution is 2.24. The first-order chi connectivity index (χ1) is 11.7. The maximum Gasteiger partial charge on any atom is 0.253 e. The lowest BCUT2D eigenvalue weighted by molar-refractivity contribution is -0.140. The zero-order valence-electron chi connectivity index (χ0n) is 14.9. The van der Waals surface area contributed by atoms with Gasteiger partial charge in [0.25, 0.3) is 5.91 Å². The number of hydrogen-bond donors (Lipinski definition) is 1. The van der Waals surface area contributed by atoms with Crippen LogP contribution in [-0.4, -0.2) is 58.8 Å². The van der Waals surface area contributed by atoms with E-state index in [9.17, 15) is 9.59 Å². The molecule has 3 heterocycles. The van der Waals surface area contributed by atoms with Gasteiger partial charge in [-0.05, 0) is 44.2 Å². The molecule has 2 amide bonds. The van der Waals surface area contributed by atoms with E-state index in [1.165, 1.54) is 0 Å². The molecule has 2 atom stereocenters. The number of carbonyl (C=O) groups excluding carboxylic acids is 2. The lowest BCUT2D eigenvalue weighted by Crippen LogP contribution is -2.53. The number of amides is 2. The van der Waals surface area contributed by atoms with E-state index in [1.807, 2.05) is 9.80 Å². The summed E-state index contributed by atoms with van der Waals surface area (Å²) in [7, 11) is 0. The van der Waals surface area contributed by atoms with Gasteiger partial charge in [-0.2, -0.15) is 0 Å². The predicted molar refractivity (Wildman–Crippen MR) is 106 cm³/mol. The van der Waals surface area contributed by atoms with Crippen molar-refractivity contribution in [2.75, 3.05) is 26.2 Å². The van der Waals surface area contributed by atoms with E-state index in [-0.39, 0.29) is 48.6 Å². The molecule has 0 saturated carbocycles. The lowest BCUT2D eigenvalue weighted by atomic mass is 9.93. The number of nitrogens with two attached hydrogens (primary N) is 1. The number of nitrogens with zero attached hydrogens (tertiary/aromatic N) is 3. The smallest absolute Gasteiger partial charge is 0.253 e. The average Bonchev–Trinajstić information content (AvgIpc) is 2.67. The van der Waals surface area contributed by atoms with E-state index >= 15 is 0 Å². The maximum atomic E-state index is 12.9. The molecule has 0 aromatic carbocycles. The van der Waals surface area contributed by atoms with E-state index in [4.69, 9.17) is 5.73 Å². The molecule has 1 aromatic rings. The molecule has 1 aromatic heterocycles. The maximum absolute atomic E-state index is 12.9. The second-order valence-electron chi connectivity index (χ2n) is 6.74. The summed E-state index contributed by atoms with van der Waals surface area (Å²) in [6.07, 6.45) is 8.16. The Kier molecular flexibility index (Phi) is 9.33. The van der Waals surface area contributed by atoms with Crippen molar-refractivity contribution in [1.82, 2.24) is 14.8 Å². The van der Waals surface area contributed by atoms with Gasteiger partial charge >= 0.3 is 0 Å². The van der Waals surface area contributed by atoms with Crippen molar-refractivity contribution in [3.8, 4) is 0 Å². The van der Waals surface area contributed by atoms with Crippen molar-refractivity contribution in [2.24, 2.45) is 11.7 Å². The Morgan fingerprint density at radius 1 is 1.08 bits per heavy atom. The Hall–Kier alpha value is -1.37. The number of carbonyl (C=O) groups is 2. The minimum atomic E-state index is -0.100. The normalized spacial score (nSPS) is 22.8. The van der Waals surface area contributed by atoms with Crippen LogP contribution in [0, 0.1) is 5.92 Å². The van der Waals surface area contributed by atoms with Gasteiger partial charge in [0.2, 0.25) is 5.91 Å². The van der Waals surface area contributed by atoms with E-state index in [2.05, 4.69) is 4.98 Å². The van der Waals surface area contributed by atoms with Crippen LogP contribution in [0.2, 0.25) is 0 Å². The van der Waals surface area contributed by atoms with Crippen LogP contribution in [0.1, 0.15) is 42.5 Å². The van der Waals surface area contributed by atoms with Crippen molar-refractivity contribution < 1.29 is 9.59 Å². The molecule has 2 aliphatic heterocycles. The second-order valence-corrected chi connectivity index (χ2v) is 6.74. The summed E-state index contributed by atoms with van der Waals surface area (Å²) in [5, 5.41) is 0. The van der Waals surface area contributed by atoms with Crippen LogP contribution in [0.25, 0.3) is 0 Å². The topological polar surface area (TPSA) is 79.5 Å². The predicted octanol–water partition coefficient (Wildman–Crippen LogP) is 2.12. The third-order valence-electron chi connectivity index (χ3n) is 5.17. The first kappa shape index (κ1) is 22.7. The second kappa shape index (κ2) is 10.7. The van der Waals surface area contributed by atoms with Gasteiger partial charge in [0.1, 0.15) is 0 Å². The number of piperidine rings is 2. The molecule has 3 rings (SSSR count). The van der Waals surface area contributed by atoms with Crippen molar-refractivity contribution in [2.45, 2.75) is 38.1 Å². The van der Waals surface area contributed by atoms with E-state index in [1.54, 1.807) is 24.5 Å². The molecule has 2 saturated heterocycles. The van der Waals surface area contributed by atoms with Crippen LogP contribution in [0.3, 0.4) is 0 Å². The molecule has 26 heavy (non-hydrogen) atoms. The molecular weight excluding hydrogens is 375 g/mol. The van der Waals surface area contributed by atoms with Crippen molar-refractivity contribution >= 4 is 36.6 Å². The van der Waals surface area contributed by atoms with Gasteiger partial charge in [-0.1, -0.05) is 0 Å². The zero-order chi connectivity index (χ0) is 16.9.